The Morgan fingerprint density at radius 3 is 2.77 bits per heavy atom. The molecule has 1 aliphatic heterocycles. The fourth-order valence-corrected chi connectivity index (χ4v) is 2.03. The predicted octanol–water partition coefficient (Wildman–Crippen LogP) is 2.49. The van der Waals surface area contributed by atoms with Crippen LogP contribution >= 0.6 is 15.9 Å². The van der Waals surface area contributed by atoms with Crippen molar-refractivity contribution in [2.45, 2.75) is 12.5 Å². The zero-order valence-electron chi connectivity index (χ0n) is 7.51. The normalized spacial score (nSPS) is 20.9. The maximum atomic E-state index is 5.16. The summed E-state index contributed by atoms with van der Waals surface area (Å²) in [5, 5.41) is 3.36. The highest BCUT2D eigenvalue weighted by Crippen LogP contribution is 2.30. The van der Waals surface area contributed by atoms with Crippen molar-refractivity contribution in [3.63, 3.8) is 0 Å². The number of halogens is 1. The fraction of sp³-hybridized carbons (Fsp3) is 0.400. The molecule has 0 aromatic heterocycles. The predicted molar refractivity (Wildman–Crippen MR) is 56.1 cm³/mol. The second-order valence-electron chi connectivity index (χ2n) is 3.19. The third-order valence-electron chi connectivity index (χ3n) is 2.40. The van der Waals surface area contributed by atoms with E-state index in [9.17, 15) is 0 Å². The first kappa shape index (κ1) is 9.03. The average molecular weight is 242 g/mol. The molecule has 0 unspecified atom stereocenters. The Kier molecular flexibility index (Phi) is 2.56. The Balaban J connectivity index is 2.24. The lowest BCUT2D eigenvalue weighted by Gasteiger charge is -2.28. The molecule has 70 valence electrons. The zero-order valence-corrected chi connectivity index (χ0v) is 9.10. The van der Waals surface area contributed by atoms with Gasteiger partial charge in [0.25, 0.3) is 0 Å². The van der Waals surface area contributed by atoms with E-state index in [1.54, 1.807) is 7.11 Å². The van der Waals surface area contributed by atoms with Crippen LogP contribution in [0.25, 0.3) is 0 Å². The second kappa shape index (κ2) is 3.68. The lowest BCUT2D eigenvalue weighted by molar-refractivity contribution is 0.381. The summed E-state index contributed by atoms with van der Waals surface area (Å²) in [7, 11) is 1.68. The molecule has 2 nitrogen and oxygen atoms in total. The van der Waals surface area contributed by atoms with Gasteiger partial charge in [-0.3, -0.25) is 0 Å². The number of benzene rings is 1. The van der Waals surface area contributed by atoms with E-state index < -0.39 is 0 Å². The molecule has 1 N–H and O–H groups in total. The number of ether oxygens (including phenoxy) is 1. The van der Waals surface area contributed by atoms with Crippen LogP contribution in [0.15, 0.2) is 22.7 Å². The van der Waals surface area contributed by atoms with Crippen LogP contribution in [-0.2, 0) is 0 Å². The molecule has 0 amide bonds. The van der Waals surface area contributed by atoms with E-state index in [1.165, 1.54) is 12.0 Å². The molecule has 0 radical (unpaired) electrons. The van der Waals surface area contributed by atoms with Gasteiger partial charge < -0.3 is 10.1 Å². The molecule has 1 aromatic rings. The van der Waals surface area contributed by atoms with Crippen LogP contribution in [0.1, 0.15) is 18.0 Å². The van der Waals surface area contributed by atoms with Crippen molar-refractivity contribution in [2.75, 3.05) is 13.7 Å². The minimum atomic E-state index is 0.544. The fourth-order valence-electron chi connectivity index (χ4n) is 1.47. The number of nitrogens with one attached hydrogen (secondary N) is 1. The standard InChI is InChI=1S/C10H12BrNO/c1-13-10-3-2-7(6-8(10)11)9-4-5-12-9/h2-3,6,9,12H,4-5H2,1H3/t9-/m1/s1. The molecule has 0 saturated carbocycles. The Labute approximate surface area is 86.4 Å². The van der Waals surface area contributed by atoms with Gasteiger partial charge in [-0.05, 0) is 46.6 Å². The topological polar surface area (TPSA) is 21.3 Å². The average Bonchev–Trinajstić information content (AvgIpc) is 2.01. The summed E-state index contributed by atoms with van der Waals surface area (Å²) < 4.78 is 6.19. The molecule has 0 bridgehead atoms. The zero-order chi connectivity index (χ0) is 9.26. The molecule has 1 fully saturated rings. The highest BCUT2D eigenvalue weighted by atomic mass is 79.9. The second-order valence-corrected chi connectivity index (χ2v) is 4.04. The first-order chi connectivity index (χ1) is 6.31. The first-order valence-corrected chi connectivity index (χ1v) is 5.17. The lowest BCUT2D eigenvalue weighted by atomic mass is 9.98. The SMILES string of the molecule is COc1ccc([C@H]2CCN2)cc1Br. The molecule has 0 spiro atoms. The molecule has 1 atom stereocenters. The minimum Gasteiger partial charge on any atom is -0.496 e. The number of methoxy groups -OCH3 is 1. The van der Waals surface area contributed by atoms with Crippen LogP contribution in [-0.4, -0.2) is 13.7 Å². The summed E-state index contributed by atoms with van der Waals surface area (Å²) in [4.78, 5) is 0. The highest BCUT2D eigenvalue weighted by Gasteiger charge is 2.18. The molecule has 1 aliphatic rings. The van der Waals surface area contributed by atoms with Crippen molar-refractivity contribution in [1.29, 1.82) is 0 Å². The van der Waals surface area contributed by atoms with Crippen molar-refractivity contribution >= 4 is 15.9 Å². The van der Waals surface area contributed by atoms with Gasteiger partial charge in [-0.1, -0.05) is 6.07 Å². The molecule has 0 aliphatic carbocycles. The van der Waals surface area contributed by atoms with Gasteiger partial charge in [-0.25, -0.2) is 0 Å². The van der Waals surface area contributed by atoms with Gasteiger partial charge in [0, 0.05) is 6.04 Å². The number of rotatable bonds is 2. The van der Waals surface area contributed by atoms with Gasteiger partial charge in [-0.2, -0.15) is 0 Å². The molecule has 1 aromatic carbocycles. The van der Waals surface area contributed by atoms with Crippen molar-refractivity contribution in [2.24, 2.45) is 0 Å². The Morgan fingerprint density at radius 1 is 1.54 bits per heavy atom. The van der Waals surface area contributed by atoms with Crippen LogP contribution in [0.2, 0.25) is 0 Å². The van der Waals surface area contributed by atoms with E-state index in [0.717, 1.165) is 16.8 Å². The smallest absolute Gasteiger partial charge is 0.133 e. The van der Waals surface area contributed by atoms with Gasteiger partial charge in [0.05, 0.1) is 11.6 Å². The molecule has 1 saturated heterocycles. The number of hydrogen-bond donors (Lipinski definition) is 1. The van der Waals surface area contributed by atoms with Crippen LogP contribution in [0.4, 0.5) is 0 Å². The van der Waals surface area contributed by atoms with E-state index in [-0.39, 0.29) is 0 Å². The summed E-state index contributed by atoms with van der Waals surface area (Å²) in [6, 6.07) is 6.78. The summed E-state index contributed by atoms with van der Waals surface area (Å²) in [5.74, 6) is 0.892. The van der Waals surface area contributed by atoms with E-state index in [1.807, 2.05) is 6.07 Å². The third-order valence-corrected chi connectivity index (χ3v) is 3.02. The number of hydrogen-bond acceptors (Lipinski definition) is 2. The highest BCUT2D eigenvalue weighted by molar-refractivity contribution is 9.10. The Hall–Kier alpha value is -0.540. The monoisotopic (exact) mass is 241 g/mol. The van der Waals surface area contributed by atoms with Gasteiger partial charge in [0.2, 0.25) is 0 Å². The summed E-state index contributed by atoms with van der Waals surface area (Å²) >= 11 is 3.48. The molecule has 3 heteroatoms. The summed E-state index contributed by atoms with van der Waals surface area (Å²) in [5.41, 5.74) is 1.33. The van der Waals surface area contributed by atoms with Crippen molar-refractivity contribution in [1.82, 2.24) is 5.32 Å². The van der Waals surface area contributed by atoms with Crippen molar-refractivity contribution in [3.05, 3.63) is 28.2 Å². The van der Waals surface area contributed by atoms with Crippen LogP contribution in [0, 0.1) is 0 Å². The van der Waals surface area contributed by atoms with E-state index in [2.05, 4.69) is 33.4 Å². The summed E-state index contributed by atoms with van der Waals surface area (Å²) in [6.45, 7) is 1.13. The maximum absolute atomic E-state index is 5.16. The lowest BCUT2D eigenvalue weighted by Crippen LogP contribution is -2.34. The van der Waals surface area contributed by atoms with Gasteiger partial charge >= 0.3 is 0 Å². The molecule has 2 rings (SSSR count). The van der Waals surface area contributed by atoms with Gasteiger partial charge in [-0.15, -0.1) is 0 Å². The first-order valence-electron chi connectivity index (χ1n) is 4.38. The van der Waals surface area contributed by atoms with Crippen LogP contribution in [0.5, 0.6) is 5.75 Å². The largest absolute Gasteiger partial charge is 0.496 e. The molecule has 13 heavy (non-hydrogen) atoms. The third kappa shape index (κ3) is 1.71. The molecular formula is C10H12BrNO. The summed E-state index contributed by atoms with van der Waals surface area (Å²) in [6.07, 6.45) is 1.23. The Morgan fingerprint density at radius 2 is 2.31 bits per heavy atom. The van der Waals surface area contributed by atoms with Crippen molar-refractivity contribution in [3.8, 4) is 5.75 Å². The van der Waals surface area contributed by atoms with Crippen LogP contribution < -0.4 is 10.1 Å². The van der Waals surface area contributed by atoms with Crippen LogP contribution in [0.3, 0.4) is 0 Å². The Bertz CT molecular complexity index is 310. The van der Waals surface area contributed by atoms with E-state index >= 15 is 0 Å². The van der Waals surface area contributed by atoms with E-state index in [0.29, 0.717) is 6.04 Å². The van der Waals surface area contributed by atoms with Crippen molar-refractivity contribution < 1.29 is 4.74 Å². The molecular weight excluding hydrogens is 230 g/mol. The quantitative estimate of drug-likeness (QED) is 0.860. The maximum Gasteiger partial charge on any atom is 0.133 e. The van der Waals surface area contributed by atoms with Gasteiger partial charge in [0.1, 0.15) is 5.75 Å². The molecule has 1 heterocycles. The minimum absolute atomic E-state index is 0.544. The van der Waals surface area contributed by atoms with E-state index in [4.69, 9.17) is 4.74 Å². The van der Waals surface area contributed by atoms with Gasteiger partial charge in [0.15, 0.2) is 0 Å².